The Morgan fingerprint density at radius 1 is 0.867 bits per heavy atom. The summed E-state index contributed by atoms with van der Waals surface area (Å²) < 4.78 is 5.45. The number of unbranched alkanes of at least 4 members (excludes halogenated alkanes) is 8. The molecule has 0 aliphatic carbocycles. The highest BCUT2D eigenvalue weighted by atomic mass is 16.5. The van der Waals surface area contributed by atoms with Crippen LogP contribution < -0.4 is 0 Å². The van der Waals surface area contributed by atoms with Gasteiger partial charge in [0.25, 0.3) is 11.8 Å². The second-order valence-electron chi connectivity index (χ2n) is 9.15. The summed E-state index contributed by atoms with van der Waals surface area (Å²) in [7, 11) is 0. The van der Waals surface area contributed by atoms with Crippen LogP contribution in [0.5, 0.6) is 0 Å². The first kappa shape index (κ1) is 24.1. The number of carbonyl (C=O) groups is 3. The number of imide groups is 1. The Balaban J connectivity index is 1.64. The molecule has 1 aromatic carbocycles. The summed E-state index contributed by atoms with van der Waals surface area (Å²) in [6.07, 6.45) is 11.3. The van der Waals surface area contributed by atoms with E-state index in [0.717, 1.165) is 12.8 Å². The molecule has 30 heavy (non-hydrogen) atoms. The van der Waals surface area contributed by atoms with Crippen molar-refractivity contribution >= 4 is 17.8 Å². The van der Waals surface area contributed by atoms with Gasteiger partial charge >= 0.3 is 5.97 Å². The smallest absolute Gasteiger partial charge is 0.305 e. The van der Waals surface area contributed by atoms with Crippen molar-refractivity contribution < 1.29 is 19.1 Å². The number of carbonyl (C=O) groups excluding carboxylic acids is 3. The van der Waals surface area contributed by atoms with E-state index in [2.05, 4.69) is 6.92 Å². The van der Waals surface area contributed by atoms with E-state index >= 15 is 0 Å². The van der Waals surface area contributed by atoms with Crippen LogP contribution in [0.3, 0.4) is 0 Å². The Morgan fingerprint density at radius 3 is 1.90 bits per heavy atom. The SMILES string of the molecule is CCCCCCCCCCCC(=O)OCC(C)(C)CN1C(=O)c2ccccc2C1=O. The second kappa shape index (κ2) is 11.9. The maximum absolute atomic E-state index is 12.5. The number of benzene rings is 1. The van der Waals surface area contributed by atoms with E-state index in [1.165, 1.54) is 49.8 Å². The molecule has 0 saturated carbocycles. The predicted octanol–water partition coefficient (Wildman–Crippen LogP) is 5.77. The predicted molar refractivity (Wildman–Crippen MR) is 118 cm³/mol. The maximum Gasteiger partial charge on any atom is 0.305 e. The summed E-state index contributed by atoms with van der Waals surface area (Å²) in [6, 6.07) is 6.86. The Bertz CT molecular complexity index is 691. The van der Waals surface area contributed by atoms with Gasteiger partial charge < -0.3 is 4.74 Å². The minimum absolute atomic E-state index is 0.191. The summed E-state index contributed by atoms with van der Waals surface area (Å²) in [5.41, 5.74) is 0.392. The lowest BCUT2D eigenvalue weighted by molar-refractivity contribution is -0.146. The van der Waals surface area contributed by atoms with Gasteiger partial charge in [-0.3, -0.25) is 19.3 Å². The fraction of sp³-hybridized carbons (Fsp3) is 0.640. The van der Waals surface area contributed by atoms with Gasteiger partial charge in [-0.25, -0.2) is 0 Å². The van der Waals surface area contributed by atoms with Crippen LogP contribution in [0.4, 0.5) is 0 Å². The van der Waals surface area contributed by atoms with Crippen molar-refractivity contribution in [3.05, 3.63) is 35.4 Å². The van der Waals surface area contributed by atoms with Gasteiger partial charge in [0.1, 0.15) is 0 Å². The van der Waals surface area contributed by atoms with Crippen molar-refractivity contribution in [3.63, 3.8) is 0 Å². The molecule has 0 fully saturated rings. The first-order chi connectivity index (χ1) is 14.4. The number of esters is 1. The summed E-state index contributed by atoms with van der Waals surface area (Å²) in [4.78, 5) is 38.4. The van der Waals surface area contributed by atoms with Crippen molar-refractivity contribution in [2.45, 2.75) is 85.0 Å². The third-order valence-corrected chi connectivity index (χ3v) is 5.57. The van der Waals surface area contributed by atoms with Gasteiger partial charge in [-0.2, -0.15) is 0 Å². The van der Waals surface area contributed by atoms with E-state index in [-0.39, 0.29) is 30.9 Å². The second-order valence-corrected chi connectivity index (χ2v) is 9.15. The number of amides is 2. The lowest BCUT2D eigenvalue weighted by Gasteiger charge is -2.28. The lowest BCUT2D eigenvalue weighted by atomic mass is 9.94. The number of hydrogen-bond acceptors (Lipinski definition) is 4. The van der Waals surface area contributed by atoms with E-state index in [4.69, 9.17) is 4.74 Å². The third-order valence-electron chi connectivity index (χ3n) is 5.57. The minimum Gasteiger partial charge on any atom is -0.465 e. The van der Waals surface area contributed by atoms with Gasteiger partial charge in [-0.1, -0.05) is 84.3 Å². The maximum atomic E-state index is 12.5. The first-order valence-electron chi connectivity index (χ1n) is 11.5. The quantitative estimate of drug-likeness (QED) is 0.220. The van der Waals surface area contributed by atoms with Gasteiger partial charge in [0, 0.05) is 18.4 Å². The number of rotatable bonds is 14. The molecule has 166 valence electrons. The molecule has 0 spiro atoms. The molecule has 2 amide bonds. The average Bonchev–Trinajstić information content (AvgIpc) is 2.96. The zero-order valence-corrected chi connectivity index (χ0v) is 18.9. The van der Waals surface area contributed by atoms with Crippen LogP contribution in [-0.2, 0) is 9.53 Å². The number of ether oxygens (including phenoxy) is 1. The van der Waals surface area contributed by atoms with Crippen molar-refractivity contribution in [3.8, 4) is 0 Å². The van der Waals surface area contributed by atoms with E-state index in [1.807, 2.05) is 13.8 Å². The molecule has 1 aliphatic heterocycles. The molecule has 0 saturated heterocycles. The molecule has 0 radical (unpaired) electrons. The van der Waals surface area contributed by atoms with Crippen molar-refractivity contribution in [1.29, 1.82) is 0 Å². The Labute approximate surface area is 181 Å². The Kier molecular flexibility index (Phi) is 9.54. The first-order valence-corrected chi connectivity index (χ1v) is 11.5. The zero-order valence-electron chi connectivity index (χ0n) is 18.9. The number of fused-ring (bicyclic) bond motifs is 1. The topological polar surface area (TPSA) is 63.7 Å². The third kappa shape index (κ3) is 7.26. The van der Waals surface area contributed by atoms with Crippen LogP contribution in [-0.4, -0.2) is 35.8 Å². The van der Waals surface area contributed by atoms with Gasteiger partial charge in [0.2, 0.25) is 0 Å². The normalized spacial score (nSPS) is 13.6. The fourth-order valence-corrected chi connectivity index (χ4v) is 3.78. The van der Waals surface area contributed by atoms with Crippen molar-refractivity contribution in [2.75, 3.05) is 13.2 Å². The van der Waals surface area contributed by atoms with Crippen LogP contribution in [0.2, 0.25) is 0 Å². The van der Waals surface area contributed by atoms with Crippen LogP contribution in [0, 0.1) is 5.41 Å². The molecule has 1 aromatic rings. The molecule has 0 bridgehead atoms. The summed E-state index contributed by atoms with van der Waals surface area (Å²) in [5.74, 6) is -0.747. The average molecular weight is 416 g/mol. The van der Waals surface area contributed by atoms with E-state index in [9.17, 15) is 14.4 Å². The molecule has 0 N–H and O–H groups in total. The largest absolute Gasteiger partial charge is 0.465 e. The zero-order chi connectivity index (χ0) is 22.0. The van der Waals surface area contributed by atoms with Crippen molar-refractivity contribution in [1.82, 2.24) is 4.90 Å². The number of nitrogens with zero attached hydrogens (tertiary/aromatic N) is 1. The molecular weight excluding hydrogens is 378 g/mol. The molecule has 0 aromatic heterocycles. The molecule has 5 nitrogen and oxygen atoms in total. The molecule has 0 unspecified atom stereocenters. The highest BCUT2D eigenvalue weighted by Gasteiger charge is 2.38. The van der Waals surface area contributed by atoms with Crippen LogP contribution in [0.15, 0.2) is 24.3 Å². The highest BCUT2D eigenvalue weighted by Crippen LogP contribution is 2.27. The molecular formula is C25H37NO4. The van der Waals surface area contributed by atoms with Gasteiger partial charge in [-0.05, 0) is 18.6 Å². The molecule has 2 rings (SSSR count). The Morgan fingerprint density at radius 2 is 1.37 bits per heavy atom. The van der Waals surface area contributed by atoms with Crippen LogP contribution >= 0.6 is 0 Å². The van der Waals surface area contributed by atoms with Gasteiger partial charge in [0.05, 0.1) is 17.7 Å². The highest BCUT2D eigenvalue weighted by molar-refractivity contribution is 6.21. The lowest BCUT2D eigenvalue weighted by Crippen LogP contribution is -2.40. The monoisotopic (exact) mass is 415 g/mol. The molecule has 1 aliphatic rings. The summed E-state index contributed by atoms with van der Waals surface area (Å²) in [5, 5.41) is 0. The van der Waals surface area contributed by atoms with Crippen LogP contribution in [0.1, 0.15) is 106 Å². The van der Waals surface area contributed by atoms with Crippen molar-refractivity contribution in [2.24, 2.45) is 5.41 Å². The van der Waals surface area contributed by atoms with E-state index in [0.29, 0.717) is 17.5 Å². The fourth-order valence-electron chi connectivity index (χ4n) is 3.78. The minimum atomic E-state index is -0.499. The van der Waals surface area contributed by atoms with Gasteiger partial charge in [-0.15, -0.1) is 0 Å². The van der Waals surface area contributed by atoms with Crippen LogP contribution in [0.25, 0.3) is 0 Å². The molecule has 0 atom stereocenters. The molecule has 5 heteroatoms. The van der Waals surface area contributed by atoms with E-state index < -0.39 is 5.41 Å². The summed E-state index contributed by atoms with van der Waals surface area (Å²) in [6.45, 7) is 6.46. The van der Waals surface area contributed by atoms with Gasteiger partial charge in [0.15, 0.2) is 0 Å². The standard InChI is InChI=1S/C25H37NO4/c1-4-5-6-7-8-9-10-11-12-17-22(27)30-19-25(2,3)18-26-23(28)20-15-13-14-16-21(20)24(26)29/h13-16H,4-12,17-19H2,1-3H3. The summed E-state index contributed by atoms with van der Waals surface area (Å²) >= 11 is 0. The number of hydrogen-bond donors (Lipinski definition) is 0. The van der Waals surface area contributed by atoms with E-state index in [1.54, 1.807) is 24.3 Å². The molecule has 1 heterocycles. The Hall–Kier alpha value is -2.17.